The number of esters is 1. The van der Waals surface area contributed by atoms with Crippen molar-refractivity contribution >= 4 is 13.8 Å². The van der Waals surface area contributed by atoms with Gasteiger partial charge >= 0.3 is 13.8 Å². The van der Waals surface area contributed by atoms with Crippen LogP contribution in [0.2, 0.25) is 0 Å². The fourth-order valence-corrected chi connectivity index (χ4v) is 7.41. The Morgan fingerprint density at radius 3 is 1.40 bits per heavy atom. The molecule has 0 heterocycles. The normalized spacial score (nSPS) is 14.2. The van der Waals surface area contributed by atoms with E-state index in [0.717, 1.165) is 57.8 Å². The van der Waals surface area contributed by atoms with Crippen LogP contribution in [0.3, 0.4) is 0 Å². The molecule has 0 spiro atoms. The molecule has 9 nitrogen and oxygen atoms in total. The molecule has 0 amide bonds. The Hall–Kier alpha value is -1.32. The summed E-state index contributed by atoms with van der Waals surface area (Å²) in [6, 6.07) is 0. The molecule has 0 radical (unpaired) electrons. The number of phosphoric acid groups is 1. The van der Waals surface area contributed by atoms with Gasteiger partial charge in [-0.15, -0.1) is 0 Å². The number of phosphoric ester groups is 1. The SMILES string of the molecule is CCCCCCC/C=C\C/C=C\CCCCCCCCCCCC(=O)OC(COCCCCCCCC/C=C\CCCCCCCC)COP(=O)(O)OCC(O)CO. The zero-order chi connectivity index (χ0) is 42.5. The summed E-state index contributed by atoms with van der Waals surface area (Å²) < 4.78 is 33.4. The highest BCUT2D eigenvalue weighted by molar-refractivity contribution is 7.47. The molecule has 0 aromatic rings. The molecule has 342 valence electrons. The van der Waals surface area contributed by atoms with E-state index in [4.69, 9.17) is 23.6 Å². The molecule has 0 aliphatic heterocycles. The number of carbonyl (C=O) groups is 1. The third-order valence-electron chi connectivity index (χ3n) is 10.3. The Morgan fingerprint density at radius 2 is 0.931 bits per heavy atom. The van der Waals surface area contributed by atoms with E-state index in [2.05, 4.69) is 50.3 Å². The van der Waals surface area contributed by atoms with Crippen molar-refractivity contribution in [1.29, 1.82) is 0 Å². The maximum absolute atomic E-state index is 12.7. The van der Waals surface area contributed by atoms with Gasteiger partial charge in [-0.05, 0) is 70.6 Å². The lowest BCUT2D eigenvalue weighted by Crippen LogP contribution is -2.29. The summed E-state index contributed by atoms with van der Waals surface area (Å²) in [5.74, 6) is -0.387. The largest absolute Gasteiger partial charge is 0.472 e. The summed E-state index contributed by atoms with van der Waals surface area (Å²) in [5, 5.41) is 18.4. The molecule has 0 aromatic carbocycles. The van der Waals surface area contributed by atoms with Crippen molar-refractivity contribution < 1.29 is 43.0 Å². The molecule has 0 aromatic heterocycles. The van der Waals surface area contributed by atoms with Crippen LogP contribution in [0.1, 0.15) is 219 Å². The topological polar surface area (TPSA) is 132 Å². The van der Waals surface area contributed by atoms with Crippen molar-refractivity contribution in [1.82, 2.24) is 0 Å². The van der Waals surface area contributed by atoms with Crippen LogP contribution < -0.4 is 0 Å². The minimum absolute atomic E-state index is 0.0447. The molecule has 0 aliphatic rings. The van der Waals surface area contributed by atoms with Gasteiger partial charge in [-0.1, -0.05) is 179 Å². The van der Waals surface area contributed by atoms with Crippen LogP contribution >= 0.6 is 7.82 Å². The van der Waals surface area contributed by atoms with Crippen molar-refractivity contribution in [2.45, 2.75) is 232 Å². The third kappa shape index (κ3) is 44.2. The molecule has 58 heavy (non-hydrogen) atoms. The molecule has 3 N–H and O–H groups in total. The fourth-order valence-electron chi connectivity index (χ4n) is 6.62. The molecular formula is C48H91O9P. The summed E-state index contributed by atoms with van der Waals surface area (Å²) in [7, 11) is -4.52. The summed E-state index contributed by atoms with van der Waals surface area (Å²) in [4.78, 5) is 22.6. The van der Waals surface area contributed by atoms with Crippen LogP contribution in [-0.2, 0) is 27.9 Å². The quantitative estimate of drug-likeness (QED) is 0.0237. The molecule has 3 unspecified atom stereocenters. The van der Waals surface area contributed by atoms with Crippen molar-refractivity contribution in [3.63, 3.8) is 0 Å². The Kier molecular flexibility index (Phi) is 44.2. The van der Waals surface area contributed by atoms with E-state index in [-0.39, 0.29) is 25.6 Å². The number of hydrogen-bond donors (Lipinski definition) is 3. The molecule has 0 saturated heterocycles. The van der Waals surface area contributed by atoms with Crippen LogP contribution in [0.15, 0.2) is 36.5 Å². The maximum Gasteiger partial charge on any atom is 0.472 e. The smallest absolute Gasteiger partial charge is 0.457 e. The zero-order valence-electron chi connectivity index (χ0n) is 37.5. The molecule has 0 fully saturated rings. The molecule has 0 bridgehead atoms. The average Bonchev–Trinajstić information content (AvgIpc) is 3.21. The Bertz CT molecular complexity index is 1000. The minimum atomic E-state index is -4.52. The van der Waals surface area contributed by atoms with Crippen molar-refractivity contribution in [3.05, 3.63) is 36.5 Å². The van der Waals surface area contributed by atoms with E-state index in [9.17, 15) is 19.4 Å². The summed E-state index contributed by atoms with van der Waals surface area (Å²) in [6.07, 6.45) is 49.6. The van der Waals surface area contributed by atoms with Gasteiger partial charge in [0.1, 0.15) is 12.2 Å². The second-order valence-corrected chi connectivity index (χ2v) is 17.6. The van der Waals surface area contributed by atoms with Gasteiger partial charge in [-0.25, -0.2) is 4.57 Å². The first-order chi connectivity index (χ1) is 28.3. The standard InChI is InChI=1S/C48H91O9P/c1-3-5-7-9-11-13-15-17-19-21-22-23-24-25-26-28-30-32-34-36-38-40-48(51)57-47(45-56-58(52,53)55-43-46(50)42-49)44-54-41-39-37-35-33-31-29-27-20-18-16-14-12-10-8-6-4-2/h15,17-18,20-22,46-47,49-50H,3-14,16,19,23-45H2,1-2H3,(H,52,53)/b17-15-,20-18-,22-21-. The first kappa shape index (κ1) is 56.7. The van der Waals surface area contributed by atoms with E-state index >= 15 is 0 Å². The van der Waals surface area contributed by atoms with E-state index < -0.39 is 33.2 Å². The second-order valence-electron chi connectivity index (χ2n) is 16.1. The van der Waals surface area contributed by atoms with Crippen molar-refractivity contribution in [2.75, 3.05) is 33.0 Å². The second kappa shape index (κ2) is 45.2. The number of unbranched alkanes of at least 4 members (excludes halogenated alkanes) is 26. The van der Waals surface area contributed by atoms with Crippen molar-refractivity contribution in [2.24, 2.45) is 0 Å². The fraction of sp³-hybridized carbons (Fsp3) is 0.854. The van der Waals surface area contributed by atoms with Crippen LogP contribution in [0.25, 0.3) is 0 Å². The zero-order valence-corrected chi connectivity index (χ0v) is 38.4. The van der Waals surface area contributed by atoms with E-state index in [1.807, 2.05) is 0 Å². The van der Waals surface area contributed by atoms with E-state index in [1.54, 1.807) is 0 Å². The van der Waals surface area contributed by atoms with E-state index in [0.29, 0.717) is 6.61 Å². The Morgan fingerprint density at radius 1 is 0.534 bits per heavy atom. The average molecular weight is 843 g/mol. The third-order valence-corrected chi connectivity index (χ3v) is 11.2. The van der Waals surface area contributed by atoms with Gasteiger partial charge in [0.25, 0.3) is 0 Å². The lowest BCUT2D eigenvalue weighted by Gasteiger charge is -2.20. The lowest BCUT2D eigenvalue weighted by molar-refractivity contribution is -0.154. The maximum atomic E-state index is 12.7. The number of aliphatic hydroxyl groups is 2. The van der Waals surface area contributed by atoms with Gasteiger partial charge in [-0.2, -0.15) is 0 Å². The van der Waals surface area contributed by atoms with Crippen LogP contribution in [0.5, 0.6) is 0 Å². The van der Waals surface area contributed by atoms with Crippen LogP contribution in [-0.4, -0.2) is 66.3 Å². The molecule has 0 aliphatic carbocycles. The van der Waals surface area contributed by atoms with Gasteiger partial charge in [0.15, 0.2) is 0 Å². The summed E-state index contributed by atoms with van der Waals surface area (Å²) >= 11 is 0. The minimum Gasteiger partial charge on any atom is -0.457 e. The molecule has 0 saturated carbocycles. The summed E-state index contributed by atoms with van der Waals surface area (Å²) in [5.41, 5.74) is 0. The predicted molar refractivity (Wildman–Crippen MR) is 242 cm³/mol. The molecule has 0 rings (SSSR count). The Balaban J connectivity index is 4.12. The van der Waals surface area contributed by atoms with Crippen LogP contribution in [0, 0.1) is 0 Å². The Labute approximate surface area is 356 Å². The summed E-state index contributed by atoms with van der Waals surface area (Å²) in [6.45, 7) is 3.51. The number of aliphatic hydroxyl groups excluding tert-OH is 2. The van der Waals surface area contributed by atoms with Gasteiger partial charge in [0, 0.05) is 13.0 Å². The van der Waals surface area contributed by atoms with Gasteiger partial charge in [0.05, 0.1) is 26.4 Å². The number of carbonyl (C=O) groups excluding carboxylic acids is 1. The first-order valence-corrected chi connectivity index (χ1v) is 25.5. The number of hydrogen-bond acceptors (Lipinski definition) is 8. The highest BCUT2D eigenvalue weighted by Gasteiger charge is 2.26. The number of ether oxygens (including phenoxy) is 2. The van der Waals surface area contributed by atoms with E-state index in [1.165, 1.54) is 141 Å². The highest BCUT2D eigenvalue weighted by atomic mass is 31.2. The number of allylic oxidation sites excluding steroid dienone is 6. The molecule has 10 heteroatoms. The van der Waals surface area contributed by atoms with Crippen molar-refractivity contribution in [3.8, 4) is 0 Å². The monoisotopic (exact) mass is 843 g/mol. The van der Waals surface area contributed by atoms with Gasteiger partial charge in [0.2, 0.25) is 0 Å². The van der Waals surface area contributed by atoms with Gasteiger partial charge in [-0.3, -0.25) is 13.8 Å². The predicted octanol–water partition coefficient (Wildman–Crippen LogP) is 13.6. The van der Waals surface area contributed by atoms with Gasteiger partial charge < -0.3 is 24.6 Å². The molecular weight excluding hydrogens is 751 g/mol. The lowest BCUT2D eigenvalue weighted by atomic mass is 10.1. The molecule has 3 atom stereocenters. The first-order valence-electron chi connectivity index (χ1n) is 24.0. The number of rotatable bonds is 46. The van der Waals surface area contributed by atoms with Crippen LogP contribution in [0.4, 0.5) is 0 Å². The highest BCUT2D eigenvalue weighted by Crippen LogP contribution is 2.43.